The lowest BCUT2D eigenvalue weighted by atomic mass is 9.83. The molecule has 13 rings (SSSR count). The molecule has 6 aromatic rings. The highest BCUT2D eigenvalue weighted by atomic mass is 28.4. The molecule has 18 nitrogen and oxygen atoms in total. The van der Waals surface area contributed by atoms with Crippen LogP contribution in [0.5, 0.6) is 11.8 Å². The predicted molar refractivity (Wildman–Crippen MR) is 350 cm³/mol. The van der Waals surface area contributed by atoms with Crippen molar-refractivity contribution in [2.45, 2.75) is 203 Å². The molecule has 0 radical (unpaired) electrons. The summed E-state index contributed by atoms with van der Waals surface area (Å²) >= 11 is 0. The number of ether oxygens (including phenoxy) is 2. The Morgan fingerprint density at radius 1 is 0.835 bits per heavy atom. The van der Waals surface area contributed by atoms with Crippen LogP contribution in [0.25, 0.3) is 44.0 Å². The van der Waals surface area contributed by atoms with E-state index in [1.54, 1.807) is 28.4 Å². The van der Waals surface area contributed by atoms with Crippen LogP contribution in [0.3, 0.4) is 0 Å². The van der Waals surface area contributed by atoms with Crippen molar-refractivity contribution < 1.29 is 42.2 Å². The molecule has 3 aromatic heterocycles. The first-order valence-corrected chi connectivity index (χ1v) is 36.1. The third-order valence-electron chi connectivity index (χ3n) is 22.8. The molecule has 2 N–H and O–H groups in total. The number of likely N-dealkylation sites (tertiary alicyclic amines) is 2. The fourth-order valence-corrected chi connectivity index (χ4v) is 23.3. The Kier molecular flexibility index (Phi) is 17.0. The van der Waals surface area contributed by atoms with E-state index in [1.165, 1.54) is 24.5 Å². The first kappa shape index (κ1) is 63.2. The number of benzene rings is 3. The van der Waals surface area contributed by atoms with E-state index in [9.17, 15) is 24.3 Å². The summed E-state index contributed by atoms with van der Waals surface area (Å²) in [7, 11) is -0.742. The number of hydrogen-bond donors (Lipinski definition) is 2. The van der Waals surface area contributed by atoms with E-state index < -0.39 is 31.7 Å². The van der Waals surface area contributed by atoms with Crippen LogP contribution in [-0.2, 0) is 27.8 Å². The molecule has 1 aliphatic carbocycles. The SMILES string of the molecule is CCc1c(F)ccc2cc(O[Si](C(C)C)(C(C)C)C(C)C)cc(-c3ncc4c(N5CCC[C@@](C)(O)C5)nc(OC[C@@]56CCCN5[C@H](COC(=O)N5CCC(C7(N8CCC(c9ccc%10c(c9)n(C)c(=O)n%10C9CCC(=O)NC9=O)CC8)CC7)CC5)CC6)nc4c3F)c12. The Labute approximate surface area is 533 Å². The van der Waals surface area contributed by atoms with Gasteiger partial charge in [-0.1, -0.05) is 60.6 Å². The van der Waals surface area contributed by atoms with Gasteiger partial charge >= 0.3 is 17.8 Å². The number of amides is 3. The van der Waals surface area contributed by atoms with Crippen LogP contribution < -0.4 is 25.1 Å². The van der Waals surface area contributed by atoms with Gasteiger partial charge in [0.1, 0.15) is 47.9 Å². The zero-order valence-corrected chi connectivity index (χ0v) is 55.7. The lowest BCUT2D eigenvalue weighted by molar-refractivity contribution is -0.135. The van der Waals surface area contributed by atoms with Crippen molar-refractivity contribution in [3.05, 3.63) is 81.9 Å². The number of imidazole rings is 1. The van der Waals surface area contributed by atoms with Gasteiger partial charge in [0.25, 0.3) is 8.32 Å². The van der Waals surface area contributed by atoms with Crippen molar-refractivity contribution in [3.63, 3.8) is 0 Å². The molecule has 4 atom stereocenters. The first-order valence-electron chi connectivity index (χ1n) is 33.9. The summed E-state index contributed by atoms with van der Waals surface area (Å²) < 4.78 is 57.3. The number of anilines is 1. The van der Waals surface area contributed by atoms with Crippen molar-refractivity contribution in [2.24, 2.45) is 13.0 Å². The number of carbonyl (C=O) groups is 3. The number of carbonyl (C=O) groups excluding carboxylic acids is 3. The summed E-state index contributed by atoms with van der Waals surface area (Å²) in [5, 5.41) is 15.5. The molecule has 488 valence electrons. The zero-order valence-electron chi connectivity index (χ0n) is 54.7. The van der Waals surface area contributed by atoms with Crippen LogP contribution in [0.1, 0.15) is 168 Å². The number of fused-ring (bicyclic) bond motifs is 4. The first-order chi connectivity index (χ1) is 43.5. The van der Waals surface area contributed by atoms with Crippen LogP contribution in [0.4, 0.5) is 19.4 Å². The summed E-state index contributed by atoms with van der Waals surface area (Å²) in [4.78, 5) is 75.8. The molecule has 0 bridgehead atoms. The maximum absolute atomic E-state index is 18.1. The van der Waals surface area contributed by atoms with Crippen molar-refractivity contribution in [2.75, 3.05) is 63.9 Å². The molecule has 1 unspecified atom stereocenters. The minimum atomic E-state index is -2.49. The highest BCUT2D eigenvalue weighted by Gasteiger charge is 2.55. The number of aryl methyl sites for hydroxylation is 2. The number of rotatable bonds is 17. The Bertz CT molecular complexity index is 3850. The zero-order chi connectivity index (χ0) is 64.1. The molecule has 1 saturated carbocycles. The molecule has 91 heavy (non-hydrogen) atoms. The second-order valence-corrected chi connectivity index (χ2v) is 34.4. The molecule has 6 saturated heterocycles. The second kappa shape index (κ2) is 24.4. The van der Waals surface area contributed by atoms with E-state index >= 15 is 8.78 Å². The number of nitrogens with one attached hydrogen (secondary N) is 1. The van der Waals surface area contributed by atoms with E-state index in [4.69, 9.17) is 28.9 Å². The smallest absolute Gasteiger partial charge is 0.409 e. The summed E-state index contributed by atoms with van der Waals surface area (Å²) in [5.41, 5.74) is 3.02. The number of nitrogens with zero attached hydrogens (tertiary/aromatic N) is 9. The Morgan fingerprint density at radius 3 is 2.26 bits per heavy atom. The van der Waals surface area contributed by atoms with Gasteiger partial charge in [0.05, 0.1) is 27.6 Å². The van der Waals surface area contributed by atoms with Gasteiger partial charge in [-0.15, -0.1) is 0 Å². The van der Waals surface area contributed by atoms with E-state index in [2.05, 4.69) is 68.8 Å². The summed E-state index contributed by atoms with van der Waals surface area (Å²) in [5.74, 6) is 0.105. The van der Waals surface area contributed by atoms with Gasteiger partial charge in [0, 0.05) is 63.0 Å². The van der Waals surface area contributed by atoms with Crippen molar-refractivity contribution in [3.8, 4) is 23.0 Å². The van der Waals surface area contributed by atoms with Crippen LogP contribution in [-0.4, -0.2) is 152 Å². The maximum Gasteiger partial charge on any atom is 0.409 e. The third kappa shape index (κ3) is 11.3. The number of piperidine rings is 4. The molecule has 21 heteroatoms. The number of aromatic nitrogens is 5. The lowest BCUT2D eigenvalue weighted by Gasteiger charge is -2.44. The summed E-state index contributed by atoms with van der Waals surface area (Å²) in [6, 6.07) is 12.6. The van der Waals surface area contributed by atoms with Crippen LogP contribution in [0.15, 0.2) is 53.5 Å². The van der Waals surface area contributed by atoms with Crippen LogP contribution in [0.2, 0.25) is 16.6 Å². The van der Waals surface area contributed by atoms with Crippen molar-refractivity contribution >= 4 is 64.8 Å². The topological polar surface area (TPSA) is 190 Å². The largest absolute Gasteiger partial charge is 0.543 e. The van der Waals surface area contributed by atoms with Gasteiger partial charge in [-0.25, -0.2) is 18.4 Å². The second-order valence-electron chi connectivity index (χ2n) is 29.0. The maximum atomic E-state index is 18.1. The Balaban J connectivity index is 0.672. The number of β-amino-alcohol motifs (C(OH)–C–C–N with tert-alkyl or cyclic N) is 1. The van der Waals surface area contributed by atoms with E-state index in [0.717, 1.165) is 81.9 Å². The average Bonchev–Trinajstić information content (AvgIpc) is 1.63. The van der Waals surface area contributed by atoms with Gasteiger partial charge in [-0.3, -0.25) is 38.8 Å². The molecule has 3 aromatic carbocycles. The van der Waals surface area contributed by atoms with Crippen molar-refractivity contribution in [1.82, 2.24) is 44.1 Å². The standard InChI is InChI=1S/C70H92F2N10O8Si/c1-10-51-54(71)15-13-47-35-50(90-91(42(2)3,43(4)5)44(6)7)37-52(59(47)51)61-60(72)62-53(38-73-61)63(79-29-11-24-68(8,87)40-79)76-65(75-62)89-41-69-25-12-30-81(69)49(19-26-69)39-88-67(86)78-31-22-48(23-32-78)70(27-28-70)80-33-20-45(21-34-80)46-14-16-55-57(36-46)77(9)66(85)82(55)56-17-18-58(83)74-64(56)84/h13-16,35-38,42-45,48-49,56,87H,10-12,17-34,39-41H2,1-9H3,(H,74,83,84)/t49-,56?,68+,69-/m0/s1. The minimum Gasteiger partial charge on any atom is -0.543 e. The van der Waals surface area contributed by atoms with E-state index in [-0.39, 0.29) is 101 Å². The quantitative estimate of drug-likeness (QED) is 0.0648. The van der Waals surface area contributed by atoms with Gasteiger partial charge in [0.2, 0.25) is 11.8 Å². The average molecular weight is 1270 g/mol. The van der Waals surface area contributed by atoms with Crippen LogP contribution >= 0.6 is 0 Å². The molecule has 7 aliphatic rings. The normalized spacial score (nSPS) is 24.6. The minimum absolute atomic E-state index is 0.00887. The fraction of sp³-hybridized carbons (Fsp3) is 0.614. The number of hydrogen-bond acceptors (Lipinski definition) is 14. The fourth-order valence-electron chi connectivity index (χ4n) is 18.0. The van der Waals surface area contributed by atoms with Crippen molar-refractivity contribution in [1.29, 1.82) is 0 Å². The lowest BCUT2D eigenvalue weighted by Crippen LogP contribution is -2.51. The van der Waals surface area contributed by atoms with Gasteiger partial charge < -0.3 is 28.8 Å². The molecule has 3 amide bonds. The predicted octanol–water partition coefficient (Wildman–Crippen LogP) is 11.9. The number of imide groups is 1. The monoisotopic (exact) mass is 1270 g/mol. The van der Waals surface area contributed by atoms with Gasteiger partial charge in [0.15, 0.2) is 5.82 Å². The third-order valence-corrected chi connectivity index (χ3v) is 28.8. The number of pyridine rings is 1. The van der Waals surface area contributed by atoms with E-state index in [0.29, 0.717) is 96.1 Å². The summed E-state index contributed by atoms with van der Waals surface area (Å²) in [6.07, 6.45) is 13.3. The summed E-state index contributed by atoms with van der Waals surface area (Å²) in [6.45, 7) is 22.6. The van der Waals surface area contributed by atoms with Gasteiger partial charge in [-0.05, 0) is 197 Å². The van der Waals surface area contributed by atoms with Crippen LogP contribution in [0, 0.1) is 17.6 Å². The van der Waals surface area contributed by atoms with E-state index in [1.807, 2.05) is 41.8 Å². The molecule has 0 spiro atoms. The molecule has 6 aliphatic heterocycles. The Hall–Kier alpha value is -6.55. The molecule has 7 fully saturated rings. The number of aliphatic hydroxyl groups is 1. The molecular formula is C70H92F2N10O8Si. The number of halogens is 2. The Morgan fingerprint density at radius 2 is 1.57 bits per heavy atom. The molecule has 9 heterocycles. The molecular weight excluding hydrogens is 1170 g/mol. The highest BCUT2D eigenvalue weighted by molar-refractivity contribution is 6.78. The van der Waals surface area contributed by atoms with Gasteiger partial charge in [-0.2, -0.15) is 9.97 Å². The highest BCUT2D eigenvalue weighted by Crippen LogP contribution is 2.54.